The summed E-state index contributed by atoms with van der Waals surface area (Å²) in [6, 6.07) is 0. The van der Waals surface area contributed by atoms with E-state index in [-0.39, 0.29) is 5.38 Å². The molecule has 0 aromatic rings. The molecule has 2 unspecified atom stereocenters. The lowest BCUT2D eigenvalue weighted by molar-refractivity contribution is 0.114. The van der Waals surface area contributed by atoms with E-state index in [9.17, 15) is 5.11 Å². The van der Waals surface area contributed by atoms with Crippen LogP contribution in [-0.4, -0.2) is 16.1 Å². The van der Waals surface area contributed by atoms with Crippen LogP contribution in [0.15, 0.2) is 23.8 Å². The third-order valence-corrected chi connectivity index (χ3v) is 2.49. The second-order valence-electron chi connectivity index (χ2n) is 2.86. The molecule has 0 fully saturated rings. The van der Waals surface area contributed by atoms with Crippen molar-refractivity contribution < 1.29 is 5.11 Å². The van der Waals surface area contributed by atoms with Gasteiger partial charge in [-0.05, 0) is 13.8 Å². The molecule has 0 amide bonds. The molecule has 2 atom stereocenters. The first kappa shape index (κ1) is 7.83. The minimum absolute atomic E-state index is 0.280. The Balaban J connectivity index is 2.89. The summed E-state index contributed by atoms with van der Waals surface area (Å²) in [7, 11) is 0. The second-order valence-corrected chi connectivity index (χ2v) is 3.29. The average molecular weight is 159 g/mol. The highest BCUT2D eigenvalue weighted by molar-refractivity contribution is 6.23. The van der Waals surface area contributed by atoms with Crippen molar-refractivity contribution in [2.24, 2.45) is 0 Å². The topological polar surface area (TPSA) is 20.2 Å². The number of allylic oxidation sites excluding steroid dienone is 2. The monoisotopic (exact) mass is 158 g/mol. The molecule has 1 nitrogen and oxygen atoms in total. The number of rotatable bonds is 0. The number of alkyl halides is 1. The third-order valence-electron chi connectivity index (χ3n) is 1.71. The molecule has 0 saturated carbocycles. The Morgan fingerprint density at radius 2 is 2.30 bits per heavy atom. The van der Waals surface area contributed by atoms with Crippen molar-refractivity contribution in [2.45, 2.75) is 24.8 Å². The molecular formula is C8H11ClO. The molecule has 0 saturated heterocycles. The van der Waals surface area contributed by atoms with E-state index in [1.807, 2.05) is 19.1 Å². The lowest BCUT2D eigenvalue weighted by atomic mass is 9.92. The fourth-order valence-corrected chi connectivity index (χ4v) is 1.17. The van der Waals surface area contributed by atoms with Gasteiger partial charge in [0.1, 0.15) is 5.60 Å². The summed E-state index contributed by atoms with van der Waals surface area (Å²) < 4.78 is 0. The van der Waals surface area contributed by atoms with Crippen molar-refractivity contribution in [2.75, 3.05) is 0 Å². The molecule has 1 rings (SSSR count). The van der Waals surface area contributed by atoms with Crippen molar-refractivity contribution in [3.63, 3.8) is 0 Å². The predicted octanol–water partition coefficient (Wildman–Crippen LogP) is 1.86. The number of halogens is 1. The van der Waals surface area contributed by atoms with Crippen LogP contribution in [0.4, 0.5) is 0 Å². The van der Waals surface area contributed by atoms with E-state index in [0.717, 1.165) is 5.57 Å². The highest BCUT2D eigenvalue weighted by atomic mass is 35.5. The Morgan fingerprint density at radius 3 is 2.70 bits per heavy atom. The van der Waals surface area contributed by atoms with Gasteiger partial charge in [0.05, 0.1) is 5.38 Å². The van der Waals surface area contributed by atoms with E-state index in [2.05, 4.69) is 0 Å². The average Bonchev–Trinajstić information content (AvgIpc) is 1.83. The van der Waals surface area contributed by atoms with Crippen LogP contribution in [0.5, 0.6) is 0 Å². The van der Waals surface area contributed by atoms with Crippen molar-refractivity contribution in [3.05, 3.63) is 23.8 Å². The molecule has 0 heterocycles. The second kappa shape index (κ2) is 2.40. The molecule has 0 aromatic carbocycles. The fraction of sp³-hybridized carbons (Fsp3) is 0.500. The van der Waals surface area contributed by atoms with E-state index >= 15 is 0 Å². The minimum Gasteiger partial charge on any atom is -0.384 e. The number of aliphatic hydroxyl groups is 1. The Kier molecular flexibility index (Phi) is 1.88. The van der Waals surface area contributed by atoms with Crippen molar-refractivity contribution in [1.29, 1.82) is 0 Å². The Hall–Kier alpha value is -0.270. The summed E-state index contributed by atoms with van der Waals surface area (Å²) >= 11 is 5.89. The van der Waals surface area contributed by atoms with Crippen LogP contribution in [-0.2, 0) is 0 Å². The zero-order valence-electron chi connectivity index (χ0n) is 6.13. The first-order chi connectivity index (χ1) is 4.54. The smallest absolute Gasteiger partial charge is 0.100 e. The van der Waals surface area contributed by atoms with Gasteiger partial charge in [-0.25, -0.2) is 0 Å². The highest BCUT2D eigenvalue weighted by Crippen LogP contribution is 2.27. The normalized spacial score (nSPS) is 39.6. The largest absolute Gasteiger partial charge is 0.384 e. The lowest BCUT2D eigenvalue weighted by Gasteiger charge is -2.28. The maximum atomic E-state index is 9.55. The molecule has 0 spiro atoms. The molecule has 2 heteroatoms. The summed E-state index contributed by atoms with van der Waals surface area (Å²) in [5.41, 5.74) is 0.134. The van der Waals surface area contributed by atoms with E-state index in [0.29, 0.717) is 0 Å². The maximum Gasteiger partial charge on any atom is 0.100 e. The van der Waals surface area contributed by atoms with Gasteiger partial charge in [-0.2, -0.15) is 0 Å². The van der Waals surface area contributed by atoms with Crippen molar-refractivity contribution >= 4 is 11.6 Å². The van der Waals surface area contributed by atoms with E-state index in [4.69, 9.17) is 11.6 Å². The van der Waals surface area contributed by atoms with Gasteiger partial charge in [0.15, 0.2) is 0 Å². The molecule has 10 heavy (non-hydrogen) atoms. The maximum absolute atomic E-state index is 9.55. The molecular weight excluding hydrogens is 148 g/mol. The minimum atomic E-state index is -0.875. The molecule has 1 N–H and O–H groups in total. The van der Waals surface area contributed by atoms with Crippen LogP contribution in [0.25, 0.3) is 0 Å². The predicted molar refractivity (Wildman–Crippen MR) is 43.2 cm³/mol. The molecule has 1 aliphatic carbocycles. The zero-order valence-corrected chi connectivity index (χ0v) is 6.89. The van der Waals surface area contributed by atoms with Crippen LogP contribution in [0.1, 0.15) is 13.8 Å². The highest BCUT2D eigenvalue weighted by Gasteiger charge is 2.29. The van der Waals surface area contributed by atoms with E-state index < -0.39 is 5.60 Å². The Bertz CT molecular complexity index is 191. The SMILES string of the molecule is CC1=CC=CC(C)(O)C1Cl. The van der Waals surface area contributed by atoms with Gasteiger partial charge < -0.3 is 5.11 Å². The Morgan fingerprint density at radius 1 is 1.70 bits per heavy atom. The molecule has 56 valence electrons. The third kappa shape index (κ3) is 1.25. The summed E-state index contributed by atoms with van der Waals surface area (Å²) in [5.74, 6) is 0. The van der Waals surface area contributed by atoms with Crippen molar-refractivity contribution in [3.8, 4) is 0 Å². The van der Waals surface area contributed by atoms with Gasteiger partial charge in [-0.1, -0.05) is 23.8 Å². The van der Waals surface area contributed by atoms with Crippen LogP contribution in [0.3, 0.4) is 0 Å². The summed E-state index contributed by atoms with van der Waals surface area (Å²) in [4.78, 5) is 0. The fourth-order valence-electron chi connectivity index (χ4n) is 1.02. The van der Waals surface area contributed by atoms with Crippen LogP contribution in [0.2, 0.25) is 0 Å². The first-order valence-corrected chi connectivity index (χ1v) is 3.70. The van der Waals surface area contributed by atoms with E-state index in [1.54, 1.807) is 13.0 Å². The van der Waals surface area contributed by atoms with E-state index in [1.165, 1.54) is 0 Å². The number of hydrogen-bond acceptors (Lipinski definition) is 1. The Labute approximate surface area is 66.0 Å². The zero-order chi connectivity index (χ0) is 7.78. The molecule has 1 aliphatic rings. The lowest BCUT2D eigenvalue weighted by Crippen LogP contribution is -2.35. The molecule has 0 bridgehead atoms. The quantitative estimate of drug-likeness (QED) is 0.534. The first-order valence-electron chi connectivity index (χ1n) is 3.26. The van der Waals surface area contributed by atoms with Gasteiger partial charge in [-0.3, -0.25) is 0 Å². The summed E-state index contributed by atoms with van der Waals surface area (Å²) in [6.07, 6.45) is 5.45. The number of hydrogen-bond donors (Lipinski definition) is 1. The van der Waals surface area contributed by atoms with Gasteiger partial charge in [0, 0.05) is 0 Å². The summed E-state index contributed by atoms with van der Waals surface area (Å²) in [6.45, 7) is 3.62. The van der Waals surface area contributed by atoms with Gasteiger partial charge >= 0.3 is 0 Å². The van der Waals surface area contributed by atoms with Crippen molar-refractivity contribution in [1.82, 2.24) is 0 Å². The van der Waals surface area contributed by atoms with Crippen LogP contribution >= 0.6 is 11.6 Å². The van der Waals surface area contributed by atoms with Crippen LogP contribution < -0.4 is 0 Å². The van der Waals surface area contributed by atoms with Gasteiger partial charge in [-0.15, -0.1) is 11.6 Å². The van der Waals surface area contributed by atoms with Gasteiger partial charge in [0.2, 0.25) is 0 Å². The molecule has 0 aromatic heterocycles. The summed E-state index contributed by atoms with van der Waals surface area (Å²) in [5, 5.41) is 9.27. The van der Waals surface area contributed by atoms with Gasteiger partial charge in [0.25, 0.3) is 0 Å². The molecule has 0 aliphatic heterocycles. The van der Waals surface area contributed by atoms with Crippen LogP contribution in [0, 0.1) is 0 Å². The molecule has 0 radical (unpaired) electrons. The standard InChI is InChI=1S/C8H11ClO/c1-6-4-3-5-8(2,10)7(6)9/h3-5,7,10H,1-2H3.